The molecular formula is C13H23N3. The minimum Gasteiger partial charge on any atom is -0.317 e. The van der Waals surface area contributed by atoms with Crippen LogP contribution in [0.15, 0.2) is 6.07 Å². The Morgan fingerprint density at radius 1 is 1.19 bits per heavy atom. The van der Waals surface area contributed by atoms with E-state index in [-0.39, 0.29) is 0 Å². The maximum absolute atomic E-state index is 4.48. The number of aryl methyl sites for hydroxylation is 2. The van der Waals surface area contributed by atoms with Gasteiger partial charge < -0.3 is 5.32 Å². The molecule has 0 saturated heterocycles. The van der Waals surface area contributed by atoms with Crippen molar-refractivity contribution < 1.29 is 0 Å². The van der Waals surface area contributed by atoms with Crippen LogP contribution in [0.3, 0.4) is 0 Å². The molecule has 0 fully saturated rings. The Balaban J connectivity index is 2.69. The molecule has 1 N–H and O–H groups in total. The molecule has 0 radical (unpaired) electrons. The minimum absolute atomic E-state index is 0.473. The molecule has 16 heavy (non-hydrogen) atoms. The normalized spacial score (nSPS) is 13.1. The Bertz CT molecular complexity index is 314. The predicted molar refractivity (Wildman–Crippen MR) is 67.5 cm³/mol. The maximum atomic E-state index is 4.48. The third kappa shape index (κ3) is 4.27. The van der Waals surface area contributed by atoms with E-state index in [4.69, 9.17) is 0 Å². The molecule has 0 aliphatic heterocycles. The highest BCUT2D eigenvalue weighted by atomic mass is 14.9. The van der Waals surface area contributed by atoms with Gasteiger partial charge >= 0.3 is 0 Å². The highest BCUT2D eigenvalue weighted by Crippen LogP contribution is 2.09. The second-order valence-electron chi connectivity index (χ2n) is 4.89. The molecule has 90 valence electrons. The number of nitrogens with zero attached hydrogens (tertiary/aromatic N) is 2. The summed E-state index contributed by atoms with van der Waals surface area (Å²) >= 11 is 0. The highest BCUT2D eigenvalue weighted by Gasteiger charge is 2.11. The van der Waals surface area contributed by atoms with E-state index in [1.54, 1.807) is 0 Å². The summed E-state index contributed by atoms with van der Waals surface area (Å²) in [5, 5.41) is 3.34. The molecule has 1 unspecified atom stereocenters. The van der Waals surface area contributed by atoms with Crippen molar-refractivity contribution >= 4 is 0 Å². The van der Waals surface area contributed by atoms with Crippen molar-refractivity contribution in [2.24, 2.45) is 5.92 Å². The second kappa shape index (κ2) is 5.94. The molecule has 1 aromatic heterocycles. The van der Waals surface area contributed by atoms with E-state index in [0.717, 1.165) is 30.1 Å². The van der Waals surface area contributed by atoms with Gasteiger partial charge in [0.2, 0.25) is 0 Å². The molecule has 0 aliphatic carbocycles. The van der Waals surface area contributed by atoms with Crippen LogP contribution in [0.5, 0.6) is 0 Å². The zero-order valence-corrected chi connectivity index (χ0v) is 11.0. The van der Waals surface area contributed by atoms with Gasteiger partial charge in [-0.1, -0.05) is 13.8 Å². The van der Waals surface area contributed by atoms with Crippen LogP contribution in [-0.2, 0) is 6.42 Å². The summed E-state index contributed by atoms with van der Waals surface area (Å²) in [4.78, 5) is 8.96. The standard InChI is InChI=1S/C13H23N3/c1-9(2)6-12(14-5)8-13-15-10(3)7-11(4)16-13/h7,9,12,14H,6,8H2,1-5H3. The summed E-state index contributed by atoms with van der Waals surface area (Å²) in [6.45, 7) is 8.53. The molecule has 3 nitrogen and oxygen atoms in total. The fourth-order valence-electron chi connectivity index (χ4n) is 1.98. The fraction of sp³-hybridized carbons (Fsp3) is 0.692. The average Bonchev–Trinajstić information content (AvgIpc) is 2.14. The van der Waals surface area contributed by atoms with Gasteiger partial charge in [-0.05, 0) is 39.3 Å². The maximum Gasteiger partial charge on any atom is 0.130 e. The SMILES string of the molecule is CNC(Cc1nc(C)cc(C)n1)CC(C)C. The lowest BCUT2D eigenvalue weighted by molar-refractivity contribution is 0.434. The van der Waals surface area contributed by atoms with Crippen molar-refractivity contribution in [1.29, 1.82) is 0 Å². The van der Waals surface area contributed by atoms with Crippen molar-refractivity contribution in [3.63, 3.8) is 0 Å². The molecule has 3 heteroatoms. The largest absolute Gasteiger partial charge is 0.317 e. The summed E-state index contributed by atoms with van der Waals surface area (Å²) in [6, 6.07) is 2.49. The van der Waals surface area contributed by atoms with E-state index in [0.29, 0.717) is 12.0 Å². The molecule has 0 bridgehead atoms. The van der Waals surface area contributed by atoms with Crippen LogP contribution in [0.4, 0.5) is 0 Å². The number of hydrogen-bond donors (Lipinski definition) is 1. The number of nitrogens with one attached hydrogen (secondary N) is 1. The molecule has 0 saturated carbocycles. The van der Waals surface area contributed by atoms with E-state index >= 15 is 0 Å². The van der Waals surface area contributed by atoms with E-state index in [9.17, 15) is 0 Å². The van der Waals surface area contributed by atoms with Crippen LogP contribution in [0.25, 0.3) is 0 Å². The fourth-order valence-corrected chi connectivity index (χ4v) is 1.98. The third-order valence-electron chi connectivity index (χ3n) is 2.62. The van der Waals surface area contributed by atoms with Gasteiger partial charge in [-0.3, -0.25) is 0 Å². The first kappa shape index (κ1) is 13.1. The third-order valence-corrected chi connectivity index (χ3v) is 2.62. The highest BCUT2D eigenvalue weighted by molar-refractivity contribution is 5.09. The quantitative estimate of drug-likeness (QED) is 0.829. The van der Waals surface area contributed by atoms with Crippen LogP contribution in [0.1, 0.15) is 37.5 Å². The van der Waals surface area contributed by atoms with Gasteiger partial charge in [0.05, 0.1) is 0 Å². The zero-order valence-electron chi connectivity index (χ0n) is 11.0. The summed E-state index contributed by atoms with van der Waals surface area (Å²) in [7, 11) is 2.01. The molecular weight excluding hydrogens is 198 g/mol. The van der Waals surface area contributed by atoms with E-state index in [2.05, 4.69) is 29.1 Å². The molecule has 1 heterocycles. The second-order valence-corrected chi connectivity index (χ2v) is 4.89. The van der Waals surface area contributed by atoms with Crippen molar-refractivity contribution in [3.8, 4) is 0 Å². The van der Waals surface area contributed by atoms with Crippen LogP contribution in [-0.4, -0.2) is 23.1 Å². The number of likely N-dealkylation sites (N-methyl/N-ethyl adjacent to an activating group) is 1. The first-order valence-corrected chi connectivity index (χ1v) is 5.99. The van der Waals surface area contributed by atoms with Crippen molar-refractivity contribution in [2.45, 2.75) is 46.6 Å². The predicted octanol–water partition coefficient (Wildman–Crippen LogP) is 2.27. The van der Waals surface area contributed by atoms with Gasteiger partial charge in [0.1, 0.15) is 5.82 Å². The molecule has 0 aromatic carbocycles. The Morgan fingerprint density at radius 2 is 1.75 bits per heavy atom. The van der Waals surface area contributed by atoms with Gasteiger partial charge in [-0.15, -0.1) is 0 Å². The number of rotatable bonds is 5. The lowest BCUT2D eigenvalue weighted by Gasteiger charge is -2.17. The zero-order chi connectivity index (χ0) is 12.1. The Morgan fingerprint density at radius 3 is 2.19 bits per heavy atom. The van der Waals surface area contributed by atoms with Crippen LogP contribution in [0, 0.1) is 19.8 Å². The summed E-state index contributed by atoms with van der Waals surface area (Å²) in [5.41, 5.74) is 2.11. The molecule has 1 rings (SSSR count). The van der Waals surface area contributed by atoms with Crippen molar-refractivity contribution in [3.05, 3.63) is 23.3 Å². The van der Waals surface area contributed by atoms with Crippen LogP contribution >= 0.6 is 0 Å². The van der Waals surface area contributed by atoms with Crippen LogP contribution < -0.4 is 5.32 Å². The van der Waals surface area contributed by atoms with Crippen LogP contribution in [0.2, 0.25) is 0 Å². The molecule has 0 amide bonds. The lowest BCUT2D eigenvalue weighted by Crippen LogP contribution is -2.30. The first-order chi connectivity index (χ1) is 7.51. The van der Waals surface area contributed by atoms with Gasteiger partial charge in [-0.25, -0.2) is 9.97 Å². The average molecular weight is 221 g/mol. The summed E-state index contributed by atoms with van der Waals surface area (Å²) in [6.07, 6.45) is 2.07. The molecule has 0 spiro atoms. The van der Waals surface area contributed by atoms with E-state index in [1.807, 2.05) is 27.0 Å². The topological polar surface area (TPSA) is 37.8 Å². The molecule has 1 aromatic rings. The monoisotopic (exact) mass is 221 g/mol. The summed E-state index contributed by atoms with van der Waals surface area (Å²) in [5.74, 6) is 1.65. The van der Waals surface area contributed by atoms with E-state index in [1.165, 1.54) is 0 Å². The lowest BCUT2D eigenvalue weighted by atomic mass is 10.0. The minimum atomic E-state index is 0.473. The smallest absolute Gasteiger partial charge is 0.130 e. The van der Waals surface area contributed by atoms with Gasteiger partial charge in [-0.2, -0.15) is 0 Å². The van der Waals surface area contributed by atoms with Gasteiger partial charge in [0.15, 0.2) is 0 Å². The Kier molecular flexibility index (Phi) is 4.87. The summed E-state index contributed by atoms with van der Waals surface area (Å²) < 4.78 is 0. The van der Waals surface area contributed by atoms with Gasteiger partial charge in [0, 0.05) is 23.9 Å². The van der Waals surface area contributed by atoms with Gasteiger partial charge in [0.25, 0.3) is 0 Å². The van der Waals surface area contributed by atoms with Crippen molar-refractivity contribution in [1.82, 2.24) is 15.3 Å². The number of hydrogen-bond acceptors (Lipinski definition) is 3. The Labute approximate surface area is 98.7 Å². The van der Waals surface area contributed by atoms with Crippen molar-refractivity contribution in [2.75, 3.05) is 7.05 Å². The molecule has 1 atom stereocenters. The Hall–Kier alpha value is -0.960. The first-order valence-electron chi connectivity index (χ1n) is 5.99. The van der Waals surface area contributed by atoms with E-state index < -0.39 is 0 Å². The number of aromatic nitrogens is 2. The molecule has 0 aliphatic rings.